The molecule has 1 N–H and O–H groups in total. The standard InChI is InChI=1S/C18H23ClN2O3/c19-15-3-1-2-4-16(15)24-11-18(22)20-13-7-14-10-23-17(12-5-6-12)9-21(14)8-13/h1-4,12-14,17H,5-11H2,(H,20,22)/t13-,14+,17+/m1/s1. The quantitative estimate of drug-likeness (QED) is 0.883. The number of halogens is 1. The number of para-hydroxylation sites is 1. The van der Waals surface area contributed by atoms with E-state index < -0.39 is 0 Å². The van der Waals surface area contributed by atoms with Crippen molar-refractivity contribution in [3.05, 3.63) is 29.3 Å². The SMILES string of the molecule is O=C(COc1ccccc1Cl)N[C@@H]1C[C@H]2CO[C@H](C3CC3)CN2C1. The van der Waals surface area contributed by atoms with Gasteiger partial charge in [-0.25, -0.2) is 0 Å². The van der Waals surface area contributed by atoms with Crippen molar-refractivity contribution < 1.29 is 14.3 Å². The number of nitrogens with one attached hydrogen (secondary N) is 1. The van der Waals surface area contributed by atoms with Crippen LogP contribution < -0.4 is 10.1 Å². The maximum atomic E-state index is 12.1. The van der Waals surface area contributed by atoms with Crippen molar-refractivity contribution in [2.75, 3.05) is 26.3 Å². The van der Waals surface area contributed by atoms with Crippen molar-refractivity contribution in [1.29, 1.82) is 0 Å². The molecule has 1 amide bonds. The van der Waals surface area contributed by atoms with Gasteiger partial charge in [0.1, 0.15) is 5.75 Å². The number of amides is 1. The molecule has 2 heterocycles. The Hall–Kier alpha value is -1.30. The number of morpholine rings is 1. The van der Waals surface area contributed by atoms with Crippen molar-refractivity contribution >= 4 is 17.5 Å². The Morgan fingerprint density at radius 1 is 1.33 bits per heavy atom. The lowest BCUT2D eigenvalue weighted by Crippen LogP contribution is -2.47. The van der Waals surface area contributed by atoms with Crippen LogP contribution in [0.3, 0.4) is 0 Å². The molecule has 0 aromatic heterocycles. The number of ether oxygens (including phenoxy) is 2. The van der Waals surface area contributed by atoms with E-state index in [4.69, 9.17) is 21.1 Å². The van der Waals surface area contributed by atoms with E-state index in [0.717, 1.165) is 32.0 Å². The van der Waals surface area contributed by atoms with Gasteiger partial charge in [-0.3, -0.25) is 9.69 Å². The van der Waals surface area contributed by atoms with Crippen molar-refractivity contribution in [3.8, 4) is 5.75 Å². The number of rotatable bonds is 5. The molecule has 3 atom stereocenters. The zero-order valence-corrected chi connectivity index (χ0v) is 14.4. The molecule has 2 aliphatic heterocycles. The van der Waals surface area contributed by atoms with Crippen LogP contribution in [0, 0.1) is 5.92 Å². The van der Waals surface area contributed by atoms with Crippen LogP contribution in [-0.4, -0.2) is 55.3 Å². The van der Waals surface area contributed by atoms with E-state index in [1.165, 1.54) is 12.8 Å². The Morgan fingerprint density at radius 3 is 2.96 bits per heavy atom. The van der Waals surface area contributed by atoms with Crippen molar-refractivity contribution in [3.63, 3.8) is 0 Å². The molecule has 2 saturated heterocycles. The Balaban J connectivity index is 1.24. The third-order valence-electron chi connectivity index (χ3n) is 5.15. The summed E-state index contributed by atoms with van der Waals surface area (Å²) in [5.41, 5.74) is 0. The van der Waals surface area contributed by atoms with E-state index in [1.54, 1.807) is 12.1 Å². The molecule has 6 heteroatoms. The van der Waals surface area contributed by atoms with Crippen LogP contribution in [-0.2, 0) is 9.53 Å². The van der Waals surface area contributed by atoms with E-state index in [9.17, 15) is 4.79 Å². The highest BCUT2D eigenvalue weighted by atomic mass is 35.5. The zero-order valence-electron chi connectivity index (χ0n) is 13.6. The van der Waals surface area contributed by atoms with Gasteiger partial charge in [-0.2, -0.15) is 0 Å². The van der Waals surface area contributed by atoms with E-state index in [1.807, 2.05) is 12.1 Å². The second kappa shape index (κ2) is 6.90. The monoisotopic (exact) mass is 350 g/mol. The van der Waals surface area contributed by atoms with Crippen LogP contribution in [0.5, 0.6) is 5.75 Å². The molecule has 0 unspecified atom stereocenters. The molecule has 130 valence electrons. The zero-order chi connectivity index (χ0) is 16.5. The molecule has 1 aromatic carbocycles. The average molecular weight is 351 g/mol. The predicted octanol–water partition coefficient (Wildman–Crippen LogP) is 2.09. The highest BCUT2D eigenvalue weighted by Crippen LogP contribution is 2.37. The first-order valence-corrected chi connectivity index (χ1v) is 9.09. The summed E-state index contributed by atoms with van der Waals surface area (Å²) in [7, 11) is 0. The fourth-order valence-corrected chi connectivity index (χ4v) is 3.92. The molecule has 5 nitrogen and oxygen atoms in total. The lowest BCUT2D eigenvalue weighted by atomic mass is 10.1. The van der Waals surface area contributed by atoms with Gasteiger partial charge >= 0.3 is 0 Å². The van der Waals surface area contributed by atoms with Crippen LogP contribution in [0.25, 0.3) is 0 Å². The highest BCUT2D eigenvalue weighted by molar-refractivity contribution is 6.32. The number of hydrogen-bond donors (Lipinski definition) is 1. The number of hydrogen-bond acceptors (Lipinski definition) is 4. The van der Waals surface area contributed by atoms with Crippen LogP contribution in [0.4, 0.5) is 0 Å². The number of fused-ring (bicyclic) bond motifs is 1. The summed E-state index contributed by atoms with van der Waals surface area (Å²) >= 11 is 6.03. The summed E-state index contributed by atoms with van der Waals surface area (Å²) < 4.78 is 11.5. The molecule has 0 radical (unpaired) electrons. The van der Waals surface area contributed by atoms with Gasteiger partial charge in [0, 0.05) is 25.2 Å². The third-order valence-corrected chi connectivity index (χ3v) is 5.47. The van der Waals surface area contributed by atoms with E-state index in [2.05, 4.69) is 10.2 Å². The molecule has 1 aliphatic carbocycles. The fourth-order valence-electron chi connectivity index (χ4n) is 3.73. The molecule has 1 aromatic rings. The number of carbonyl (C=O) groups is 1. The molecule has 0 spiro atoms. The lowest BCUT2D eigenvalue weighted by molar-refractivity contribution is -0.123. The summed E-state index contributed by atoms with van der Waals surface area (Å²) in [5.74, 6) is 1.21. The molecule has 0 bridgehead atoms. The van der Waals surface area contributed by atoms with E-state index >= 15 is 0 Å². The van der Waals surface area contributed by atoms with E-state index in [0.29, 0.717) is 22.9 Å². The molecule has 1 saturated carbocycles. The summed E-state index contributed by atoms with van der Waals surface area (Å²) in [6, 6.07) is 7.81. The van der Waals surface area contributed by atoms with E-state index in [-0.39, 0.29) is 18.6 Å². The molecule has 4 rings (SSSR count). The van der Waals surface area contributed by atoms with Gasteiger partial charge in [0.05, 0.1) is 17.7 Å². The van der Waals surface area contributed by atoms with Gasteiger partial charge in [-0.15, -0.1) is 0 Å². The summed E-state index contributed by atoms with van der Waals surface area (Å²) in [4.78, 5) is 14.6. The topological polar surface area (TPSA) is 50.8 Å². The summed E-state index contributed by atoms with van der Waals surface area (Å²) in [6.45, 7) is 2.71. The van der Waals surface area contributed by atoms with Crippen molar-refractivity contribution in [2.45, 2.75) is 37.5 Å². The largest absolute Gasteiger partial charge is 0.482 e. The Bertz CT molecular complexity index is 608. The maximum absolute atomic E-state index is 12.1. The minimum absolute atomic E-state index is 0.00784. The normalized spacial score (nSPS) is 30.0. The van der Waals surface area contributed by atoms with Crippen LogP contribution in [0.15, 0.2) is 24.3 Å². The molecule has 3 fully saturated rings. The number of benzene rings is 1. The van der Waals surface area contributed by atoms with Crippen molar-refractivity contribution in [1.82, 2.24) is 10.2 Å². The van der Waals surface area contributed by atoms with Gasteiger partial charge < -0.3 is 14.8 Å². The predicted molar refractivity (Wildman–Crippen MR) is 91.3 cm³/mol. The van der Waals surface area contributed by atoms with Crippen LogP contribution in [0.1, 0.15) is 19.3 Å². The first-order chi connectivity index (χ1) is 11.7. The van der Waals surface area contributed by atoms with Crippen molar-refractivity contribution in [2.24, 2.45) is 5.92 Å². The Kier molecular flexibility index (Phi) is 4.66. The third kappa shape index (κ3) is 3.68. The second-order valence-corrected chi connectivity index (χ2v) is 7.44. The molecule has 3 aliphatic rings. The lowest BCUT2D eigenvalue weighted by Gasteiger charge is -2.35. The van der Waals surface area contributed by atoms with Gasteiger partial charge in [-0.05, 0) is 37.3 Å². The Morgan fingerprint density at radius 2 is 2.17 bits per heavy atom. The summed E-state index contributed by atoms with van der Waals surface area (Å²) in [6.07, 6.45) is 3.97. The van der Waals surface area contributed by atoms with Crippen LogP contribution in [0.2, 0.25) is 5.02 Å². The molecular formula is C18H23ClN2O3. The Labute approximate surface area is 147 Å². The van der Waals surface area contributed by atoms with Gasteiger partial charge in [0.15, 0.2) is 6.61 Å². The minimum atomic E-state index is -0.0978. The maximum Gasteiger partial charge on any atom is 0.258 e. The molecule has 24 heavy (non-hydrogen) atoms. The average Bonchev–Trinajstić information content (AvgIpc) is 3.34. The number of carbonyl (C=O) groups excluding carboxylic acids is 1. The first kappa shape index (κ1) is 16.2. The molecular weight excluding hydrogens is 328 g/mol. The first-order valence-electron chi connectivity index (χ1n) is 8.71. The fraction of sp³-hybridized carbons (Fsp3) is 0.611. The van der Waals surface area contributed by atoms with Gasteiger partial charge in [0.25, 0.3) is 5.91 Å². The highest BCUT2D eigenvalue weighted by Gasteiger charge is 2.42. The second-order valence-electron chi connectivity index (χ2n) is 7.04. The number of nitrogens with zero attached hydrogens (tertiary/aromatic N) is 1. The van der Waals surface area contributed by atoms with Gasteiger partial charge in [0.2, 0.25) is 0 Å². The minimum Gasteiger partial charge on any atom is -0.482 e. The van der Waals surface area contributed by atoms with Gasteiger partial charge in [-0.1, -0.05) is 23.7 Å². The smallest absolute Gasteiger partial charge is 0.258 e. The van der Waals surface area contributed by atoms with Crippen LogP contribution >= 0.6 is 11.6 Å². The summed E-state index contributed by atoms with van der Waals surface area (Å²) in [5, 5.41) is 3.60.